The molecule has 0 aromatic carbocycles. The molecule has 1 aromatic heterocycles. The largest absolute Gasteiger partial charge is 0.312 e. The van der Waals surface area contributed by atoms with Gasteiger partial charge >= 0.3 is 0 Å². The molecule has 5 nitrogen and oxygen atoms in total. The molecule has 1 aliphatic carbocycles. The highest BCUT2D eigenvalue weighted by molar-refractivity contribution is 5.92. The summed E-state index contributed by atoms with van der Waals surface area (Å²) in [5.74, 6) is 1.66. The van der Waals surface area contributed by atoms with Crippen molar-refractivity contribution in [1.82, 2.24) is 15.2 Å². The lowest BCUT2D eigenvalue weighted by molar-refractivity contribution is -0.123. The lowest BCUT2D eigenvalue weighted by Crippen LogP contribution is -2.59. The average molecular weight is 302 g/mol. The van der Waals surface area contributed by atoms with E-state index in [2.05, 4.69) is 34.5 Å². The second-order valence-electron chi connectivity index (χ2n) is 6.97. The van der Waals surface area contributed by atoms with Crippen LogP contribution in [-0.2, 0) is 4.79 Å². The number of rotatable bonds is 5. The number of aromatic nitrogens is 1. The van der Waals surface area contributed by atoms with Crippen LogP contribution in [0.3, 0.4) is 0 Å². The van der Waals surface area contributed by atoms with Crippen LogP contribution in [0, 0.1) is 18.8 Å². The van der Waals surface area contributed by atoms with Gasteiger partial charge in [-0.15, -0.1) is 0 Å². The van der Waals surface area contributed by atoms with E-state index >= 15 is 0 Å². The first kappa shape index (κ1) is 15.4. The number of carbonyl (C=O) groups is 1. The third-order valence-electron chi connectivity index (χ3n) is 5.09. The summed E-state index contributed by atoms with van der Waals surface area (Å²) < 4.78 is 0. The number of anilines is 1. The Balaban J connectivity index is 1.38. The van der Waals surface area contributed by atoms with Crippen LogP contribution < -0.4 is 10.6 Å². The molecule has 1 aliphatic heterocycles. The van der Waals surface area contributed by atoms with Crippen molar-refractivity contribution in [2.24, 2.45) is 11.8 Å². The minimum Gasteiger partial charge on any atom is -0.312 e. The maximum Gasteiger partial charge on any atom is 0.228 e. The van der Waals surface area contributed by atoms with Gasteiger partial charge in [-0.3, -0.25) is 4.79 Å². The van der Waals surface area contributed by atoms with Crippen LogP contribution in [0.2, 0.25) is 0 Å². The second-order valence-corrected chi connectivity index (χ2v) is 6.97. The average Bonchev–Trinajstić information content (AvgIpc) is 2.41. The number of carbonyl (C=O) groups excluding carboxylic acids is 1. The van der Waals surface area contributed by atoms with Gasteiger partial charge in [0.2, 0.25) is 5.91 Å². The molecule has 22 heavy (non-hydrogen) atoms. The van der Waals surface area contributed by atoms with Crippen LogP contribution in [0.5, 0.6) is 0 Å². The third-order valence-corrected chi connectivity index (χ3v) is 5.09. The Morgan fingerprint density at radius 1 is 1.45 bits per heavy atom. The van der Waals surface area contributed by atoms with Crippen LogP contribution in [0.1, 0.15) is 25.3 Å². The molecule has 2 heterocycles. The quantitative estimate of drug-likeness (QED) is 0.868. The molecular weight excluding hydrogens is 276 g/mol. The Hall–Kier alpha value is -1.46. The SMILES string of the molecule is Cc1ccnc(NC(=O)C2CC(NCC3C(C)CN3C)C2)c1. The Morgan fingerprint density at radius 3 is 2.86 bits per heavy atom. The Morgan fingerprint density at radius 2 is 2.23 bits per heavy atom. The van der Waals surface area contributed by atoms with Crippen LogP contribution in [0.4, 0.5) is 5.82 Å². The van der Waals surface area contributed by atoms with Crippen molar-refractivity contribution in [2.75, 3.05) is 25.5 Å². The molecule has 3 rings (SSSR count). The molecule has 2 aliphatic rings. The van der Waals surface area contributed by atoms with Gasteiger partial charge in [0.25, 0.3) is 0 Å². The summed E-state index contributed by atoms with van der Waals surface area (Å²) in [5, 5.41) is 6.52. The number of nitrogens with one attached hydrogen (secondary N) is 2. The fourth-order valence-corrected chi connectivity index (χ4v) is 3.48. The van der Waals surface area contributed by atoms with Crippen LogP contribution in [0.15, 0.2) is 18.3 Å². The standard InChI is InChI=1S/C17H26N4O/c1-11-4-5-18-16(6-11)20-17(22)13-7-14(8-13)19-9-15-12(2)10-21(15)3/h4-6,12-15,19H,7-10H2,1-3H3,(H,18,20,22). The summed E-state index contributed by atoms with van der Waals surface area (Å²) >= 11 is 0. The number of likely N-dealkylation sites (N-methyl/N-ethyl adjacent to an activating group) is 1. The van der Waals surface area contributed by atoms with E-state index in [0.717, 1.165) is 30.9 Å². The number of aryl methyl sites for hydroxylation is 1. The topological polar surface area (TPSA) is 57.3 Å². The minimum absolute atomic E-state index is 0.102. The smallest absolute Gasteiger partial charge is 0.228 e. The zero-order valence-corrected chi connectivity index (χ0v) is 13.7. The van der Waals surface area contributed by atoms with Crippen molar-refractivity contribution in [1.29, 1.82) is 0 Å². The molecule has 0 spiro atoms. The first-order valence-corrected chi connectivity index (χ1v) is 8.20. The minimum atomic E-state index is 0.102. The zero-order chi connectivity index (χ0) is 15.7. The summed E-state index contributed by atoms with van der Waals surface area (Å²) in [7, 11) is 2.18. The second kappa shape index (κ2) is 6.34. The monoisotopic (exact) mass is 302 g/mol. The maximum absolute atomic E-state index is 12.2. The summed E-state index contributed by atoms with van der Waals surface area (Å²) in [6, 6.07) is 4.98. The van der Waals surface area contributed by atoms with E-state index in [1.807, 2.05) is 19.1 Å². The predicted molar refractivity (Wildman–Crippen MR) is 87.7 cm³/mol. The van der Waals surface area contributed by atoms with E-state index in [4.69, 9.17) is 0 Å². The van der Waals surface area contributed by atoms with Crippen LogP contribution in [0.25, 0.3) is 0 Å². The van der Waals surface area contributed by atoms with Crippen molar-refractivity contribution in [3.8, 4) is 0 Å². The van der Waals surface area contributed by atoms with Gasteiger partial charge in [-0.2, -0.15) is 0 Å². The van der Waals surface area contributed by atoms with Crippen LogP contribution >= 0.6 is 0 Å². The predicted octanol–water partition coefficient (Wildman–Crippen LogP) is 1.65. The molecule has 2 fully saturated rings. The van der Waals surface area contributed by atoms with Gasteiger partial charge in [-0.25, -0.2) is 4.98 Å². The number of hydrogen-bond donors (Lipinski definition) is 2. The van der Waals surface area contributed by atoms with Crippen molar-refractivity contribution < 1.29 is 4.79 Å². The molecule has 1 amide bonds. The van der Waals surface area contributed by atoms with E-state index in [0.29, 0.717) is 17.9 Å². The summed E-state index contributed by atoms with van der Waals surface area (Å²) in [6.45, 7) is 6.54. The zero-order valence-electron chi connectivity index (χ0n) is 13.7. The number of pyridine rings is 1. The lowest BCUT2D eigenvalue weighted by Gasteiger charge is -2.46. The normalized spacial score (nSPS) is 31.2. The van der Waals surface area contributed by atoms with Gasteiger partial charge in [-0.1, -0.05) is 6.92 Å². The van der Waals surface area contributed by atoms with Gasteiger partial charge in [-0.05, 0) is 50.4 Å². The van der Waals surface area contributed by atoms with Gasteiger partial charge in [0.05, 0.1) is 0 Å². The fourth-order valence-electron chi connectivity index (χ4n) is 3.48. The number of nitrogens with zero attached hydrogens (tertiary/aromatic N) is 2. The van der Waals surface area contributed by atoms with Gasteiger partial charge in [0.1, 0.15) is 5.82 Å². The number of hydrogen-bond acceptors (Lipinski definition) is 4. The van der Waals surface area contributed by atoms with Gasteiger partial charge < -0.3 is 15.5 Å². The molecule has 2 atom stereocenters. The molecule has 0 radical (unpaired) electrons. The highest BCUT2D eigenvalue weighted by Gasteiger charge is 2.37. The Bertz CT molecular complexity index is 533. The van der Waals surface area contributed by atoms with Gasteiger partial charge in [0, 0.05) is 37.3 Å². The van der Waals surface area contributed by atoms with Gasteiger partial charge in [0.15, 0.2) is 0 Å². The van der Waals surface area contributed by atoms with Crippen molar-refractivity contribution >= 4 is 11.7 Å². The molecular formula is C17H26N4O. The Labute approximate surface area is 132 Å². The molecule has 1 saturated carbocycles. The maximum atomic E-state index is 12.2. The first-order chi connectivity index (χ1) is 10.5. The van der Waals surface area contributed by atoms with E-state index in [1.54, 1.807) is 6.20 Å². The van der Waals surface area contributed by atoms with Crippen molar-refractivity contribution in [2.45, 2.75) is 38.8 Å². The van der Waals surface area contributed by atoms with E-state index in [9.17, 15) is 4.79 Å². The van der Waals surface area contributed by atoms with E-state index < -0.39 is 0 Å². The molecule has 5 heteroatoms. The Kier molecular flexibility index (Phi) is 4.45. The number of likely N-dealkylation sites (tertiary alicyclic amines) is 1. The third kappa shape index (κ3) is 3.31. The lowest BCUT2D eigenvalue weighted by atomic mass is 9.79. The van der Waals surface area contributed by atoms with Crippen molar-refractivity contribution in [3.05, 3.63) is 23.9 Å². The summed E-state index contributed by atoms with van der Waals surface area (Å²) in [4.78, 5) is 18.7. The summed E-state index contributed by atoms with van der Waals surface area (Å²) in [5.41, 5.74) is 1.11. The molecule has 2 N–H and O–H groups in total. The van der Waals surface area contributed by atoms with Crippen molar-refractivity contribution in [3.63, 3.8) is 0 Å². The number of amides is 1. The summed E-state index contributed by atoms with van der Waals surface area (Å²) in [6.07, 6.45) is 3.59. The molecule has 0 bridgehead atoms. The molecule has 120 valence electrons. The molecule has 2 unspecified atom stereocenters. The van der Waals surface area contributed by atoms with E-state index in [1.165, 1.54) is 6.54 Å². The fraction of sp³-hybridized carbons (Fsp3) is 0.647. The van der Waals surface area contributed by atoms with E-state index in [-0.39, 0.29) is 11.8 Å². The highest BCUT2D eigenvalue weighted by Crippen LogP contribution is 2.29. The first-order valence-electron chi connectivity index (χ1n) is 8.20. The molecule has 1 aromatic rings. The highest BCUT2D eigenvalue weighted by atomic mass is 16.2. The molecule has 1 saturated heterocycles. The van der Waals surface area contributed by atoms with Crippen LogP contribution in [-0.4, -0.2) is 48.0 Å².